The van der Waals surface area contributed by atoms with E-state index in [1.54, 1.807) is 13.0 Å². The van der Waals surface area contributed by atoms with Crippen LogP contribution in [0.3, 0.4) is 0 Å². The van der Waals surface area contributed by atoms with Gasteiger partial charge >= 0.3 is 0 Å². The number of hydrogen-bond donors (Lipinski definition) is 2. The predicted molar refractivity (Wildman–Crippen MR) is 58.2 cm³/mol. The lowest BCUT2D eigenvalue weighted by atomic mass is 10.2. The van der Waals surface area contributed by atoms with E-state index in [9.17, 15) is 4.79 Å². The molecule has 5 nitrogen and oxygen atoms in total. The SMILES string of the molecule is Cc1oc2ccn(CC(O)O)c(=O)c2c1C. The standard InChI is InChI=1S/C11H13NO4/c1-6-7(2)16-8-3-4-12(5-9(13)14)11(15)10(6)8/h3-4,9,13-14H,5H2,1-2H3. The Morgan fingerprint density at radius 3 is 2.75 bits per heavy atom. The quantitative estimate of drug-likeness (QED) is 0.728. The van der Waals surface area contributed by atoms with Gasteiger partial charge in [-0.15, -0.1) is 0 Å². The summed E-state index contributed by atoms with van der Waals surface area (Å²) in [6.45, 7) is 3.46. The van der Waals surface area contributed by atoms with E-state index < -0.39 is 6.29 Å². The fourth-order valence-corrected chi connectivity index (χ4v) is 1.73. The highest BCUT2D eigenvalue weighted by Crippen LogP contribution is 2.20. The number of hydrogen-bond acceptors (Lipinski definition) is 4. The van der Waals surface area contributed by atoms with Crippen LogP contribution in [0.15, 0.2) is 21.5 Å². The van der Waals surface area contributed by atoms with Crippen molar-refractivity contribution in [1.29, 1.82) is 0 Å². The normalized spacial score (nSPS) is 11.6. The summed E-state index contributed by atoms with van der Waals surface area (Å²) < 4.78 is 6.66. The Kier molecular flexibility index (Phi) is 2.57. The van der Waals surface area contributed by atoms with Crippen molar-refractivity contribution >= 4 is 11.0 Å². The van der Waals surface area contributed by atoms with Crippen molar-refractivity contribution in [3.05, 3.63) is 33.9 Å². The Hall–Kier alpha value is -1.59. The molecule has 0 spiro atoms. The van der Waals surface area contributed by atoms with Crippen LogP contribution >= 0.6 is 0 Å². The second-order valence-electron chi connectivity index (χ2n) is 3.78. The van der Waals surface area contributed by atoms with Gasteiger partial charge in [0.15, 0.2) is 6.29 Å². The van der Waals surface area contributed by atoms with Crippen molar-refractivity contribution in [2.45, 2.75) is 26.7 Å². The number of aryl methyl sites for hydroxylation is 2. The van der Waals surface area contributed by atoms with Gasteiger partial charge in [-0.25, -0.2) is 0 Å². The highest BCUT2D eigenvalue weighted by atomic mass is 16.5. The Morgan fingerprint density at radius 1 is 1.44 bits per heavy atom. The minimum Gasteiger partial charge on any atom is -0.461 e. The van der Waals surface area contributed by atoms with Gasteiger partial charge in [0.2, 0.25) is 0 Å². The molecule has 0 aliphatic carbocycles. The monoisotopic (exact) mass is 223 g/mol. The van der Waals surface area contributed by atoms with E-state index in [0.717, 1.165) is 5.56 Å². The van der Waals surface area contributed by atoms with Crippen LogP contribution in [0, 0.1) is 13.8 Å². The van der Waals surface area contributed by atoms with Gasteiger partial charge in [-0.3, -0.25) is 4.79 Å². The molecule has 0 aliphatic rings. The van der Waals surface area contributed by atoms with Gasteiger partial charge in [-0.05, 0) is 19.9 Å². The number of furan rings is 1. The molecule has 0 amide bonds. The zero-order chi connectivity index (χ0) is 11.9. The van der Waals surface area contributed by atoms with Crippen LogP contribution in [-0.4, -0.2) is 21.1 Å². The summed E-state index contributed by atoms with van der Waals surface area (Å²) in [4.78, 5) is 12.0. The van der Waals surface area contributed by atoms with Crippen LogP contribution in [0.25, 0.3) is 11.0 Å². The average Bonchev–Trinajstić information content (AvgIpc) is 2.48. The maximum absolute atomic E-state index is 12.0. The molecule has 2 N–H and O–H groups in total. The molecule has 2 aromatic rings. The molecule has 0 saturated carbocycles. The Labute approximate surface area is 91.5 Å². The molecule has 0 unspecified atom stereocenters. The fraction of sp³-hybridized carbons (Fsp3) is 0.364. The molecule has 2 rings (SSSR count). The number of pyridine rings is 1. The van der Waals surface area contributed by atoms with E-state index in [-0.39, 0.29) is 12.1 Å². The summed E-state index contributed by atoms with van der Waals surface area (Å²) in [6.07, 6.45) is -0.0459. The first kappa shape index (κ1) is 10.9. The van der Waals surface area contributed by atoms with E-state index in [1.807, 2.05) is 6.92 Å². The first-order valence-electron chi connectivity index (χ1n) is 4.96. The van der Waals surface area contributed by atoms with E-state index in [4.69, 9.17) is 14.6 Å². The summed E-state index contributed by atoms with van der Waals surface area (Å²) in [7, 11) is 0. The van der Waals surface area contributed by atoms with Crippen LogP contribution in [-0.2, 0) is 6.54 Å². The van der Waals surface area contributed by atoms with Crippen LogP contribution in [0.4, 0.5) is 0 Å². The molecule has 0 aromatic carbocycles. The second-order valence-corrected chi connectivity index (χ2v) is 3.78. The first-order chi connectivity index (χ1) is 7.50. The van der Waals surface area contributed by atoms with Crippen LogP contribution in [0.5, 0.6) is 0 Å². The highest BCUT2D eigenvalue weighted by Gasteiger charge is 2.13. The van der Waals surface area contributed by atoms with Crippen LogP contribution in [0.2, 0.25) is 0 Å². The molecular weight excluding hydrogens is 210 g/mol. The molecule has 86 valence electrons. The largest absolute Gasteiger partial charge is 0.461 e. The van der Waals surface area contributed by atoms with E-state index in [2.05, 4.69) is 0 Å². The van der Waals surface area contributed by atoms with Crippen molar-refractivity contribution in [2.75, 3.05) is 0 Å². The highest BCUT2D eigenvalue weighted by molar-refractivity contribution is 5.80. The molecule has 5 heteroatoms. The molecular formula is C11H13NO4. The van der Waals surface area contributed by atoms with Crippen LogP contribution in [0.1, 0.15) is 11.3 Å². The molecule has 2 heterocycles. The molecule has 0 aliphatic heterocycles. The van der Waals surface area contributed by atoms with E-state index in [0.29, 0.717) is 16.7 Å². The van der Waals surface area contributed by atoms with Crippen LogP contribution < -0.4 is 5.56 Å². The number of aliphatic hydroxyl groups is 2. The lowest BCUT2D eigenvalue weighted by molar-refractivity contribution is -0.0518. The number of aliphatic hydroxyl groups excluding tert-OH is 1. The lowest BCUT2D eigenvalue weighted by Crippen LogP contribution is -2.25. The number of fused-ring (bicyclic) bond motifs is 1. The molecule has 0 saturated heterocycles. The minimum absolute atomic E-state index is 0.140. The van der Waals surface area contributed by atoms with Crippen molar-refractivity contribution in [1.82, 2.24) is 4.57 Å². The van der Waals surface area contributed by atoms with Crippen molar-refractivity contribution in [3.8, 4) is 0 Å². The smallest absolute Gasteiger partial charge is 0.262 e. The van der Waals surface area contributed by atoms with Crippen molar-refractivity contribution in [2.24, 2.45) is 0 Å². The van der Waals surface area contributed by atoms with Gasteiger partial charge in [0, 0.05) is 11.8 Å². The third-order valence-electron chi connectivity index (χ3n) is 2.65. The third kappa shape index (κ3) is 1.64. The summed E-state index contributed by atoms with van der Waals surface area (Å²) in [5, 5.41) is 18.2. The maximum Gasteiger partial charge on any atom is 0.262 e. The number of rotatable bonds is 2. The summed E-state index contributed by atoms with van der Waals surface area (Å²) in [5.74, 6) is 0.703. The zero-order valence-electron chi connectivity index (χ0n) is 9.10. The van der Waals surface area contributed by atoms with E-state index >= 15 is 0 Å². The van der Waals surface area contributed by atoms with Gasteiger partial charge in [0.1, 0.15) is 11.3 Å². The van der Waals surface area contributed by atoms with Gasteiger partial charge in [-0.2, -0.15) is 0 Å². The summed E-state index contributed by atoms with van der Waals surface area (Å²) in [5.41, 5.74) is 1.06. The molecule has 0 fully saturated rings. The molecule has 0 radical (unpaired) electrons. The zero-order valence-corrected chi connectivity index (χ0v) is 9.10. The lowest BCUT2D eigenvalue weighted by Gasteiger charge is -2.06. The summed E-state index contributed by atoms with van der Waals surface area (Å²) >= 11 is 0. The predicted octanol–water partition coefficient (Wildman–Crippen LogP) is 0.522. The number of aromatic nitrogens is 1. The Balaban J connectivity index is 2.69. The van der Waals surface area contributed by atoms with Crippen molar-refractivity contribution < 1.29 is 14.6 Å². The average molecular weight is 223 g/mol. The summed E-state index contributed by atoms with van der Waals surface area (Å²) in [6, 6.07) is 1.65. The Bertz CT molecular complexity index is 579. The van der Waals surface area contributed by atoms with Gasteiger partial charge < -0.3 is 19.2 Å². The molecule has 16 heavy (non-hydrogen) atoms. The molecule has 2 aromatic heterocycles. The minimum atomic E-state index is -1.54. The molecule has 0 atom stereocenters. The third-order valence-corrected chi connectivity index (χ3v) is 2.65. The van der Waals surface area contributed by atoms with Gasteiger partial charge in [0.25, 0.3) is 5.56 Å². The number of nitrogens with zero attached hydrogens (tertiary/aromatic N) is 1. The molecule has 0 bridgehead atoms. The maximum atomic E-state index is 12.0. The van der Waals surface area contributed by atoms with E-state index in [1.165, 1.54) is 10.8 Å². The fourth-order valence-electron chi connectivity index (χ4n) is 1.73. The second kappa shape index (κ2) is 3.77. The van der Waals surface area contributed by atoms with Crippen molar-refractivity contribution in [3.63, 3.8) is 0 Å². The van der Waals surface area contributed by atoms with Gasteiger partial charge in [-0.1, -0.05) is 0 Å². The Morgan fingerprint density at radius 2 is 2.12 bits per heavy atom. The first-order valence-corrected chi connectivity index (χ1v) is 4.96. The topological polar surface area (TPSA) is 75.6 Å². The van der Waals surface area contributed by atoms with Gasteiger partial charge in [0.05, 0.1) is 11.9 Å².